The maximum absolute atomic E-state index is 10.2. The Bertz CT molecular complexity index is 258. The van der Waals surface area contributed by atoms with Gasteiger partial charge in [-0.3, -0.25) is 0 Å². The standard InChI is InChI=1S/C9H11NO.C3H8/c10-7-9-4-2-1-3-8(9)5-6-11;1-3-2/h1-4,6H,5,7,10H2;3H2,1-2H3. The quantitative estimate of drug-likeness (QED) is 0.748. The first-order valence-corrected chi connectivity index (χ1v) is 5.00. The lowest BCUT2D eigenvalue weighted by atomic mass is 10.1. The van der Waals surface area contributed by atoms with Crippen molar-refractivity contribution in [1.29, 1.82) is 0 Å². The van der Waals surface area contributed by atoms with Gasteiger partial charge < -0.3 is 10.5 Å². The maximum atomic E-state index is 10.2. The predicted octanol–water partition coefficient (Wildman–Crippen LogP) is 2.30. The van der Waals surface area contributed by atoms with Gasteiger partial charge in [0.2, 0.25) is 0 Å². The fraction of sp³-hybridized carbons (Fsp3) is 0.417. The highest BCUT2D eigenvalue weighted by atomic mass is 16.1. The summed E-state index contributed by atoms with van der Waals surface area (Å²) in [5.74, 6) is 0. The number of carbonyl (C=O) groups excluding carboxylic acids is 1. The molecule has 0 aliphatic carbocycles. The monoisotopic (exact) mass is 193 g/mol. The Morgan fingerprint density at radius 2 is 1.71 bits per heavy atom. The van der Waals surface area contributed by atoms with Crippen molar-refractivity contribution in [2.24, 2.45) is 5.73 Å². The topological polar surface area (TPSA) is 43.1 Å². The molecule has 1 rings (SSSR count). The van der Waals surface area contributed by atoms with Gasteiger partial charge in [0.25, 0.3) is 0 Å². The average Bonchev–Trinajstić information content (AvgIpc) is 2.20. The molecule has 2 heteroatoms. The molecular weight excluding hydrogens is 174 g/mol. The van der Waals surface area contributed by atoms with E-state index >= 15 is 0 Å². The van der Waals surface area contributed by atoms with E-state index in [1.54, 1.807) is 0 Å². The van der Waals surface area contributed by atoms with Gasteiger partial charge >= 0.3 is 0 Å². The first-order chi connectivity index (χ1) is 6.79. The third kappa shape index (κ3) is 4.77. The summed E-state index contributed by atoms with van der Waals surface area (Å²) in [4.78, 5) is 10.2. The Morgan fingerprint density at radius 1 is 1.21 bits per heavy atom. The Kier molecular flexibility index (Phi) is 7.75. The molecule has 14 heavy (non-hydrogen) atoms. The molecule has 2 nitrogen and oxygen atoms in total. The summed E-state index contributed by atoms with van der Waals surface area (Å²) in [7, 11) is 0. The molecule has 0 unspecified atom stereocenters. The number of rotatable bonds is 3. The number of hydrogen-bond acceptors (Lipinski definition) is 2. The van der Waals surface area contributed by atoms with Crippen molar-refractivity contribution in [3.8, 4) is 0 Å². The third-order valence-electron chi connectivity index (χ3n) is 1.64. The molecule has 0 fully saturated rings. The summed E-state index contributed by atoms with van der Waals surface area (Å²) in [6, 6.07) is 7.71. The fourth-order valence-corrected chi connectivity index (χ4v) is 1.05. The van der Waals surface area contributed by atoms with Crippen molar-refractivity contribution in [3.63, 3.8) is 0 Å². The highest BCUT2D eigenvalue weighted by molar-refractivity contribution is 5.56. The van der Waals surface area contributed by atoms with Crippen LogP contribution in [0, 0.1) is 0 Å². The third-order valence-corrected chi connectivity index (χ3v) is 1.64. The van der Waals surface area contributed by atoms with Gasteiger partial charge in [-0.15, -0.1) is 0 Å². The van der Waals surface area contributed by atoms with E-state index in [4.69, 9.17) is 5.73 Å². The fourth-order valence-electron chi connectivity index (χ4n) is 1.05. The maximum Gasteiger partial charge on any atom is 0.124 e. The van der Waals surface area contributed by atoms with Gasteiger partial charge in [-0.1, -0.05) is 44.5 Å². The predicted molar refractivity (Wildman–Crippen MR) is 60.1 cm³/mol. The number of carbonyl (C=O) groups is 1. The molecular formula is C12H19NO. The lowest BCUT2D eigenvalue weighted by molar-refractivity contribution is -0.107. The van der Waals surface area contributed by atoms with E-state index < -0.39 is 0 Å². The zero-order chi connectivity index (χ0) is 10.8. The molecule has 0 spiro atoms. The lowest BCUT2D eigenvalue weighted by Crippen LogP contribution is -2.01. The van der Waals surface area contributed by atoms with Gasteiger partial charge in [0.05, 0.1) is 0 Å². The van der Waals surface area contributed by atoms with E-state index in [0.29, 0.717) is 13.0 Å². The van der Waals surface area contributed by atoms with Crippen LogP contribution in [0.15, 0.2) is 24.3 Å². The van der Waals surface area contributed by atoms with Crippen LogP contribution in [0.25, 0.3) is 0 Å². The van der Waals surface area contributed by atoms with Crippen molar-refractivity contribution in [1.82, 2.24) is 0 Å². The van der Waals surface area contributed by atoms with Crippen LogP contribution in [0.4, 0.5) is 0 Å². The van der Waals surface area contributed by atoms with Crippen LogP contribution in [-0.2, 0) is 17.8 Å². The summed E-state index contributed by atoms with van der Waals surface area (Å²) in [5, 5.41) is 0. The van der Waals surface area contributed by atoms with Crippen LogP contribution in [0.2, 0.25) is 0 Å². The summed E-state index contributed by atoms with van der Waals surface area (Å²) >= 11 is 0. The summed E-state index contributed by atoms with van der Waals surface area (Å²) < 4.78 is 0. The highest BCUT2D eigenvalue weighted by Crippen LogP contribution is 2.06. The summed E-state index contributed by atoms with van der Waals surface area (Å²) in [6.07, 6.45) is 2.61. The van der Waals surface area contributed by atoms with Gasteiger partial charge in [-0.2, -0.15) is 0 Å². The van der Waals surface area contributed by atoms with Crippen molar-refractivity contribution < 1.29 is 4.79 Å². The second-order valence-electron chi connectivity index (χ2n) is 3.05. The van der Waals surface area contributed by atoms with Gasteiger partial charge in [-0.05, 0) is 11.1 Å². The van der Waals surface area contributed by atoms with Crippen molar-refractivity contribution in [2.45, 2.75) is 33.2 Å². The number of nitrogens with two attached hydrogens (primary N) is 1. The molecule has 0 aromatic heterocycles. The van der Waals surface area contributed by atoms with E-state index in [9.17, 15) is 4.79 Å². The molecule has 0 bridgehead atoms. The van der Waals surface area contributed by atoms with Crippen LogP contribution < -0.4 is 5.73 Å². The van der Waals surface area contributed by atoms with E-state index in [1.165, 1.54) is 6.42 Å². The average molecular weight is 193 g/mol. The molecule has 0 aliphatic rings. The summed E-state index contributed by atoms with van der Waals surface area (Å²) in [5.41, 5.74) is 7.55. The van der Waals surface area contributed by atoms with Crippen LogP contribution in [-0.4, -0.2) is 6.29 Å². The van der Waals surface area contributed by atoms with Crippen LogP contribution in [0.1, 0.15) is 31.4 Å². The Hall–Kier alpha value is -1.15. The van der Waals surface area contributed by atoms with E-state index in [2.05, 4.69) is 13.8 Å². The molecule has 1 aromatic rings. The number of hydrogen-bond donors (Lipinski definition) is 1. The minimum atomic E-state index is 0.466. The van der Waals surface area contributed by atoms with Crippen molar-refractivity contribution >= 4 is 6.29 Å². The highest BCUT2D eigenvalue weighted by Gasteiger charge is 1.96. The summed E-state index contributed by atoms with van der Waals surface area (Å²) in [6.45, 7) is 4.75. The van der Waals surface area contributed by atoms with Gasteiger partial charge in [-0.25, -0.2) is 0 Å². The molecule has 0 amide bonds. The molecule has 0 saturated heterocycles. The second kappa shape index (κ2) is 8.45. The minimum Gasteiger partial charge on any atom is -0.326 e. The van der Waals surface area contributed by atoms with Crippen LogP contribution >= 0.6 is 0 Å². The largest absolute Gasteiger partial charge is 0.326 e. The molecule has 0 radical (unpaired) electrons. The van der Waals surface area contributed by atoms with E-state index in [1.807, 2.05) is 24.3 Å². The molecule has 1 aromatic carbocycles. The number of benzene rings is 1. The Morgan fingerprint density at radius 3 is 2.14 bits per heavy atom. The van der Waals surface area contributed by atoms with Crippen LogP contribution in [0.5, 0.6) is 0 Å². The normalized spacial score (nSPS) is 8.79. The molecule has 2 N–H and O–H groups in total. The molecule has 0 aliphatic heterocycles. The second-order valence-corrected chi connectivity index (χ2v) is 3.05. The lowest BCUT2D eigenvalue weighted by Gasteiger charge is -2.01. The molecule has 0 saturated carbocycles. The van der Waals surface area contributed by atoms with Gasteiger partial charge in [0.15, 0.2) is 0 Å². The van der Waals surface area contributed by atoms with Gasteiger partial charge in [0.1, 0.15) is 6.29 Å². The van der Waals surface area contributed by atoms with E-state index in [0.717, 1.165) is 17.4 Å². The van der Waals surface area contributed by atoms with Crippen LogP contribution in [0.3, 0.4) is 0 Å². The van der Waals surface area contributed by atoms with E-state index in [-0.39, 0.29) is 0 Å². The zero-order valence-electron chi connectivity index (χ0n) is 8.99. The minimum absolute atomic E-state index is 0.466. The molecule has 78 valence electrons. The SMILES string of the molecule is CCC.NCc1ccccc1CC=O. The Labute approximate surface area is 86.1 Å². The zero-order valence-corrected chi connectivity index (χ0v) is 8.99. The first-order valence-electron chi connectivity index (χ1n) is 5.00. The van der Waals surface area contributed by atoms with Crippen molar-refractivity contribution in [2.75, 3.05) is 0 Å². The smallest absolute Gasteiger partial charge is 0.124 e. The van der Waals surface area contributed by atoms with Gasteiger partial charge in [0, 0.05) is 13.0 Å². The molecule has 0 atom stereocenters. The Balaban J connectivity index is 0.000000500. The number of aldehydes is 1. The first kappa shape index (κ1) is 12.8. The van der Waals surface area contributed by atoms with Crippen molar-refractivity contribution in [3.05, 3.63) is 35.4 Å². The molecule has 0 heterocycles.